The number of fused-ring (bicyclic) bond motifs is 2. The molecule has 3 atom stereocenters. The number of hydrogen-bond donors (Lipinski definition) is 1. The molecular formula is C13H24O. The lowest BCUT2D eigenvalue weighted by Crippen LogP contribution is -2.37. The molecule has 0 aromatic heterocycles. The molecule has 0 saturated heterocycles. The maximum absolute atomic E-state index is 10.6. The van der Waals surface area contributed by atoms with Gasteiger partial charge in [-0.2, -0.15) is 0 Å². The zero-order valence-electron chi connectivity index (χ0n) is 9.63. The number of rotatable bonds is 4. The molecule has 0 amide bonds. The maximum atomic E-state index is 10.6. The van der Waals surface area contributed by atoms with Gasteiger partial charge in [0.25, 0.3) is 0 Å². The van der Waals surface area contributed by atoms with Gasteiger partial charge in [-0.1, -0.05) is 26.7 Å². The number of aliphatic hydroxyl groups is 1. The molecule has 14 heavy (non-hydrogen) atoms. The van der Waals surface area contributed by atoms with Crippen LogP contribution in [0.1, 0.15) is 58.8 Å². The van der Waals surface area contributed by atoms with Crippen LogP contribution in [0.25, 0.3) is 0 Å². The third-order valence-corrected chi connectivity index (χ3v) is 4.74. The molecule has 3 unspecified atom stereocenters. The van der Waals surface area contributed by atoms with Crippen molar-refractivity contribution in [2.75, 3.05) is 0 Å². The van der Waals surface area contributed by atoms with Crippen molar-refractivity contribution in [3.8, 4) is 0 Å². The molecule has 82 valence electrons. The highest BCUT2D eigenvalue weighted by atomic mass is 16.3. The molecule has 1 N–H and O–H groups in total. The van der Waals surface area contributed by atoms with E-state index in [1.165, 1.54) is 32.1 Å². The fourth-order valence-corrected chi connectivity index (χ4v) is 3.74. The van der Waals surface area contributed by atoms with Crippen LogP contribution < -0.4 is 0 Å². The van der Waals surface area contributed by atoms with E-state index in [-0.39, 0.29) is 5.60 Å². The van der Waals surface area contributed by atoms with Crippen LogP contribution in [0.15, 0.2) is 0 Å². The van der Waals surface area contributed by atoms with Gasteiger partial charge in [-0.25, -0.2) is 0 Å². The van der Waals surface area contributed by atoms with Crippen molar-refractivity contribution in [2.24, 2.45) is 17.8 Å². The summed E-state index contributed by atoms with van der Waals surface area (Å²) in [6, 6.07) is 0. The minimum Gasteiger partial charge on any atom is -0.390 e. The third kappa shape index (κ3) is 1.71. The predicted octanol–water partition coefficient (Wildman–Crippen LogP) is 3.36. The van der Waals surface area contributed by atoms with Crippen LogP contribution in [0.2, 0.25) is 0 Å². The van der Waals surface area contributed by atoms with E-state index in [1.54, 1.807) is 0 Å². The summed E-state index contributed by atoms with van der Waals surface area (Å²) in [4.78, 5) is 0. The molecule has 2 rings (SSSR count). The summed E-state index contributed by atoms with van der Waals surface area (Å²) in [6.07, 6.45) is 8.63. The Bertz CT molecular complexity index is 197. The molecule has 0 spiro atoms. The van der Waals surface area contributed by atoms with Crippen molar-refractivity contribution in [3.05, 3.63) is 0 Å². The second-order valence-electron chi connectivity index (χ2n) is 5.57. The topological polar surface area (TPSA) is 20.2 Å². The molecule has 0 heterocycles. The molecule has 1 heteroatoms. The van der Waals surface area contributed by atoms with E-state index in [1.807, 2.05) is 0 Å². The molecule has 2 aliphatic rings. The van der Waals surface area contributed by atoms with Gasteiger partial charge in [0.15, 0.2) is 0 Å². The lowest BCUT2D eigenvalue weighted by molar-refractivity contribution is -0.0345. The lowest BCUT2D eigenvalue weighted by atomic mass is 9.77. The van der Waals surface area contributed by atoms with Gasteiger partial charge in [-0.3, -0.25) is 0 Å². The third-order valence-electron chi connectivity index (χ3n) is 4.74. The monoisotopic (exact) mass is 196 g/mol. The van der Waals surface area contributed by atoms with Crippen LogP contribution in [0.4, 0.5) is 0 Å². The van der Waals surface area contributed by atoms with Gasteiger partial charge < -0.3 is 5.11 Å². The first-order chi connectivity index (χ1) is 6.68. The molecule has 0 radical (unpaired) electrons. The summed E-state index contributed by atoms with van der Waals surface area (Å²) < 4.78 is 0. The van der Waals surface area contributed by atoms with E-state index in [2.05, 4.69) is 13.8 Å². The molecule has 2 aliphatic carbocycles. The average Bonchev–Trinajstić information content (AvgIpc) is 2.73. The van der Waals surface area contributed by atoms with E-state index in [0.29, 0.717) is 5.92 Å². The molecule has 2 bridgehead atoms. The quantitative estimate of drug-likeness (QED) is 0.731. The van der Waals surface area contributed by atoms with Crippen molar-refractivity contribution in [1.82, 2.24) is 0 Å². The van der Waals surface area contributed by atoms with E-state index in [9.17, 15) is 5.11 Å². The number of hydrogen-bond acceptors (Lipinski definition) is 1. The van der Waals surface area contributed by atoms with E-state index in [4.69, 9.17) is 0 Å². The summed E-state index contributed by atoms with van der Waals surface area (Å²) in [5.41, 5.74) is -0.264. The van der Waals surface area contributed by atoms with Gasteiger partial charge in [0.1, 0.15) is 0 Å². The van der Waals surface area contributed by atoms with Gasteiger partial charge in [0, 0.05) is 0 Å². The highest BCUT2D eigenvalue weighted by Gasteiger charge is 2.49. The highest BCUT2D eigenvalue weighted by molar-refractivity contribution is 5.01. The zero-order chi connectivity index (χ0) is 10.2. The van der Waals surface area contributed by atoms with Gasteiger partial charge in [-0.05, 0) is 49.9 Å². The molecular weight excluding hydrogens is 172 g/mol. The first-order valence-electron chi connectivity index (χ1n) is 6.40. The van der Waals surface area contributed by atoms with Crippen molar-refractivity contribution < 1.29 is 5.11 Å². The van der Waals surface area contributed by atoms with Crippen molar-refractivity contribution in [3.63, 3.8) is 0 Å². The normalized spacial score (nSPS) is 41.1. The summed E-state index contributed by atoms with van der Waals surface area (Å²) in [5.74, 6) is 2.26. The van der Waals surface area contributed by atoms with Gasteiger partial charge >= 0.3 is 0 Å². The molecule has 0 aromatic rings. The van der Waals surface area contributed by atoms with E-state index < -0.39 is 0 Å². The fourth-order valence-electron chi connectivity index (χ4n) is 3.74. The second-order valence-corrected chi connectivity index (χ2v) is 5.57. The summed E-state index contributed by atoms with van der Waals surface area (Å²) in [6.45, 7) is 4.51. The summed E-state index contributed by atoms with van der Waals surface area (Å²) in [7, 11) is 0. The smallest absolute Gasteiger partial charge is 0.0681 e. The van der Waals surface area contributed by atoms with E-state index in [0.717, 1.165) is 24.7 Å². The molecule has 2 saturated carbocycles. The molecule has 0 aliphatic heterocycles. The zero-order valence-corrected chi connectivity index (χ0v) is 9.63. The summed E-state index contributed by atoms with van der Waals surface area (Å²) >= 11 is 0. The van der Waals surface area contributed by atoms with Crippen LogP contribution in [0, 0.1) is 17.8 Å². The minimum atomic E-state index is -0.264. The van der Waals surface area contributed by atoms with E-state index >= 15 is 0 Å². The first kappa shape index (κ1) is 10.5. The van der Waals surface area contributed by atoms with Gasteiger partial charge in [0.05, 0.1) is 5.60 Å². The SMILES string of the molecule is CCC(CC)CC1(O)CC2CCC1C2. The Kier molecular flexibility index (Phi) is 2.88. The molecule has 2 fully saturated rings. The highest BCUT2D eigenvalue weighted by Crippen LogP contribution is 2.53. The molecule has 1 nitrogen and oxygen atoms in total. The lowest BCUT2D eigenvalue weighted by Gasteiger charge is -2.35. The fraction of sp³-hybridized carbons (Fsp3) is 1.00. The second kappa shape index (κ2) is 3.84. The standard InChI is InChI=1S/C13H24O/c1-3-10(4-2)8-13(14)9-11-5-6-12(13)7-11/h10-12,14H,3-9H2,1-2H3. The Labute approximate surface area is 87.9 Å². The van der Waals surface area contributed by atoms with Gasteiger partial charge in [-0.15, -0.1) is 0 Å². The van der Waals surface area contributed by atoms with Crippen molar-refractivity contribution >= 4 is 0 Å². The van der Waals surface area contributed by atoms with Crippen molar-refractivity contribution in [2.45, 2.75) is 64.4 Å². The Hall–Kier alpha value is -0.0400. The molecule has 0 aromatic carbocycles. The van der Waals surface area contributed by atoms with Crippen LogP contribution in [0.3, 0.4) is 0 Å². The van der Waals surface area contributed by atoms with Crippen LogP contribution in [0.5, 0.6) is 0 Å². The predicted molar refractivity (Wildman–Crippen MR) is 59.1 cm³/mol. The average molecular weight is 196 g/mol. The Morgan fingerprint density at radius 1 is 1.29 bits per heavy atom. The van der Waals surface area contributed by atoms with Crippen LogP contribution in [-0.2, 0) is 0 Å². The first-order valence-corrected chi connectivity index (χ1v) is 6.40. The Balaban J connectivity index is 1.96. The minimum absolute atomic E-state index is 0.264. The van der Waals surface area contributed by atoms with Gasteiger partial charge in [0.2, 0.25) is 0 Å². The maximum Gasteiger partial charge on any atom is 0.0681 e. The Morgan fingerprint density at radius 2 is 2.00 bits per heavy atom. The van der Waals surface area contributed by atoms with Crippen LogP contribution >= 0.6 is 0 Å². The Morgan fingerprint density at radius 3 is 2.43 bits per heavy atom. The largest absolute Gasteiger partial charge is 0.390 e. The van der Waals surface area contributed by atoms with Crippen molar-refractivity contribution in [1.29, 1.82) is 0 Å². The summed E-state index contributed by atoms with van der Waals surface area (Å²) in [5, 5.41) is 10.6. The van der Waals surface area contributed by atoms with Crippen LogP contribution in [-0.4, -0.2) is 10.7 Å².